The maximum absolute atomic E-state index is 8.48. The Labute approximate surface area is 101 Å². The first-order valence-corrected chi connectivity index (χ1v) is 3.40. The van der Waals surface area contributed by atoms with Crippen LogP contribution in [0.2, 0.25) is 0 Å². The van der Waals surface area contributed by atoms with Crippen LogP contribution in [0.15, 0.2) is 0 Å². The van der Waals surface area contributed by atoms with Crippen LogP contribution in [0, 0.1) is 0 Å². The fraction of sp³-hybridized carbons (Fsp3) is 1.00. The zero-order chi connectivity index (χ0) is 7.82. The summed E-state index contributed by atoms with van der Waals surface area (Å²) in [6, 6.07) is 0. The molecular weight excluding hydrogens is 304 g/mol. The molecule has 0 unspecified atom stereocenters. The second-order valence-corrected chi connectivity index (χ2v) is 2.01. The van der Waals surface area contributed by atoms with E-state index in [0.29, 0.717) is 19.6 Å². The average molecular weight is 322 g/mol. The first-order valence-electron chi connectivity index (χ1n) is 3.40. The molecule has 6 N–H and O–H groups in total. The van der Waals surface area contributed by atoms with Crippen molar-refractivity contribution in [2.75, 3.05) is 39.5 Å². The maximum atomic E-state index is 8.48. The zero-order valence-corrected chi connectivity index (χ0v) is 10.4. The molecule has 0 aromatic heterocycles. The number of rotatable bonds is 6. The molecule has 0 aromatic carbocycles. The van der Waals surface area contributed by atoms with Crippen LogP contribution in [0.25, 0.3) is 0 Å². The Morgan fingerprint density at radius 1 is 0.643 bits per heavy atom. The predicted octanol–water partition coefficient (Wildman–Crippen LogP) is -2.65. The minimum Gasteiger partial charge on any atom is -0.870 e. The second-order valence-electron chi connectivity index (χ2n) is 2.01. The van der Waals surface area contributed by atoms with Crippen molar-refractivity contribution in [3.8, 4) is 0 Å². The predicted molar refractivity (Wildman–Crippen MR) is 49.3 cm³/mol. The SMILES string of the molecule is OCCN(CCO)CCO.[OH-].[OH-].[OH-].[Sb+3]. The van der Waals surface area contributed by atoms with Crippen LogP contribution in [0.3, 0.4) is 0 Å². The molecule has 0 rings (SSSR count). The molecule has 0 amide bonds. The standard InChI is InChI=1S/C6H15NO3.3H2O.Sb/c8-4-1-7(2-5-9)3-6-10;;;;/h8-10H,1-6H2;3*1H2;/q;;;;+3/p-3. The molecule has 7 nitrogen and oxygen atoms in total. The van der Waals surface area contributed by atoms with E-state index in [1.165, 1.54) is 0 Å². The Bertz CT molecular complexity index is 65.1. The molecule has 8 heteroatoms. The van der Waals surface area contributed by atoms with Crippen molar-refractivity contribution in [1.82, 2.24) is 4.90 Å². The number of aliphatic hydroxyl groups is 3. The third-order valence-electron chi connectivity index (χ3n) is 1.25. The minimum atomic E-state index is 0. The summed E-state index contributed by atoms with van der Waals surface area (Å²) in [5.74, 6) is 0. The van der Waals surface area contributed by atoms with Crippen molar-refractivity contribution >= 4 is 24.4 Å². The van der Waals surface area contributed by atoms with Gasteiger partial charge in [-0.15, -0.1) is 0 Å². The molecule has 0 bridgehead atoms. The summed E-state index contributed by atoms with van der Waals surface area (Å²) in [4.78, 5) is 1.79. The van der Waals surface area contributed by atoms with E-state index in [1.807, 2.05) is 0 Å². The van der Waals surface area contributed by atoms with Gasteiger partial charge in [-0.3, -0.25) is 4.90 Å². The molecule has 0 aliphatic carbocycles. The molecule has 0 saturated carbocycles. The van der Waals surface area contributed by atoms with Crippen LogP contribution < -0.4 is 0 Å². The summed E-state index contributed by atoms with van der Waals surface area (Å²) in [5.41, 5.74) is 0. The van der Waals surface area contributed by atoms with Gasteiger partial charge in [0, 0.05) is 19.6 Å². The molecule has 0 atom stereocenters. The number of hydrogen-bond acceptors (Lipinski definition) is 7. The summed E-state index contributed by atoms with van der Waals surface area (Å²) in [6.07, 6.45) is 0. The van der Waals surface area contributed by atoms with Gasteiger partial charge in [0.1, 0.15) is 0 Å². The Hall–Kier alpha value is 0.538. The van der Waals surface area contributed by atoms with E-state index in [2.05, 4.69) is 0 Å². The summed E-state index contributed by atoms with van der Waals surface area (Å²) < 4.78 is 0. The van der Waals surface area contributed by atoms with E-state index in [1.54, 1.807) is 4.90 Å². The maximum Gasteiger partial charge on any atom is 3.00 e. The molecule has 88 valence electrons. The van der Waals surface area contributed by atoms with Crippen LogP contribution >= 0.6 is 0 Å². The summed E-state index contributed by atoms with van der Waals surface area (Å²) in [7, 11) is 0. The summed E-state index contributed by atoms with van der Waals surface area (Å²) in [5, 5.41) is 25.5. The van der Waals surface area contributed by atoms with Crippen molar-refractivity contribution in [1.29, 1.82) is 0 Å². The number of hydrogen-bond donors (Lipinski definition) is 3. The normalized spacial score (nSPS) is 7.71. The van der Waals surface area contributed by atoms with Crippen molar-refractivity contribution < 1.29 is 31.7 Å². The van der Waals surface area contributed by atoms with E-state index >= 15 is 0 Å². The molecule has 0 aromatic rings. The Balaban J connectivity index is -0.0000000675. The smallest absolute Gasteiger partial charge is 0.870 e. The van der Waals surface area contributed by atoms with Gasteiger partial charge in [-0.05, 0) is 0 Å². The van der Waals surface area contributed by atoms with Gasteiger partial charge in [0.25, 0.3) is 0 Å². The number of aliphatic hydroxyl groups excluding tert-OH is 3. The van der Waals surface area contributed by atoms with Gasteiger partial charge in [0.05, 0.1) is 19.8 Å². The largest absolute Gasteiger partial charge is 3.00 e. The van der Waals surface area contributed by atoms with E-state index in [-0.39, 0.29) is 60.7 Å². The first-order chi connectivity index (χ1) is 4.85. The Morgan fingerprint density at radius 2 is 0.857 bits per heavy atom. The molecule has 2 radical (unpaired) electrons. The van der Waals surface area contributed by atoms with Crippen molar-refractivity contribution in [3.05, 3.63) is 0 Å². The van der Waals surface area contributed by atoms with Gasteiger partial charge >= 0.3 is 24.4 Å². The third kappa shape index (κ3) is 18.3. The Morgan fingerprint density at radius 3 is 1.00 bits per heavy atom. The van der Waals surface area contributed by atoms with Gasteiger partial charge in [-0.1, -0.05) is 0 Å². The summed E-state index contributed by atoms with van der Waals surface area (Å²) in [6.45, 7) is 1.75. The zero-order valence-electron chi connectivity index (χ0n) is 7.82. The Kier molecular flexibility index (Phi) is 48.9. The van der Waals surface area contributed by atoms with Gasteiger partial charge in [-0.25, -0.2) is 0 Å². The van der Waals surface area contributed by atoms with Crippen molar-refractivity contribution in [2.45, 2.75) is 0 Å². The molecule has 0 spiro atoms. The van der Waals surface area contributed by atoms with Gasteiger partial charge in [-0.2, -0.15) is 0 Å². The van der Waals surface area contributed by atoms with Crippen LogP contribution in [0.1, 0.15) is 0 Å². The van der Waals surface area contributed by atoms with Crippen LogP contribution in [0.5, 0.6) is 0 Å². The molecule has 0 aliphatic heterocycles. The molecule has 0 saturated heterocycles. The number of nitrogens with zero attached hydrogens (tertiary/aromatic N) is 1. The quantitative estimate of drug-likeness (QED) is 0.451. The van der Waals surface area contributed by atoms with Crippen LogP contribution in [-0.2, 0) is 0 Å². The third-order valence-corrected chi connectivity index (χ3v) is 1.25. The van der Waals surface area contributed by atoms with Crippen molar-refractivity contribution in [2.24, 2.45) is 0 Å². The van der Waals surface area contributed by atoms with Gasteiger partial charge < -0.3 is 31.7 Å². The van der Waals surface area contributed by atoms with Gasteiger partial charge in [0.15, 0.2) is 0 Å². The molecule has 0 fully saturated rings. The van der Waals surface area contributed by atoms with Gasteiger partial charge in [0.2, 0.25) is 0 Å². The average Bonchev–Trinajstić information content (AvgIpc) is 1.90. The van der Waals surface area contributed by atoms with E-state index in [0.717, 1.165) is 0 Å². The molecule has 14 heavy (non-hydrogen) atoms. The van der Waals surface area contributed by atoms with Crippen LogP contribution in [0.4, 0.5) is 0 Å². The molecule has 0 aliphatic rings. The van der Waals surface area contributed by atoms with Crippen LogP contribution in [-0.4, -0.2) is 101 Å². The minimum absolute atomic E-state index is 0. The van der Waals surface area contributed by atoms with E-state index in [9.17, 15) is 0 Å². The second kappa shape index (κ2) is 23.4. The molecular formula is C6H18NO6Sb. The first kappa shape index (κ1) is 29.3. The van der Waals surface area contributed by atoms with E-state index in [4.69, 9.17) is 15.3 Å². The topological polar surface area (TPSA) is 154 Å². The monoisotopic (exact) mass is 321 g/mol. The van der Waals surface area contributed by atoms with Crippen molar-refractivity contribution in [3.63, 3.8) is 0 Å². The summed E-state index contributed by atoms with van der Waals surface area (Å²) >= 11 is 0. The van der Waals surface area contributed by atoms with E-state index < -0.39 is 0 Å². The fourth-order valence-electron chi connectivity index (χ4n) is 0.760. The fourth-order valence-corrected chi connectivity index (χ4v) is 0.760. The molecule has 0 heterocycles.